The molecule has 31 heavy (non-hydrogen) atoms. The van der Waals surface area contributed by atoms with Gasteiger partial charge in [0.25, 0.3) is 0 Å². The van der Waals surface area contributed by atoms with Gasteiger partial charge in [-0.1, -0.05) is 0 Å². The van der Waals surface area contributed by atoms with Gasteiger partial charge in [0, 0.05) is 11.4 Å². The third-order valence-electron chi connectivity index (χ3n) is 4.53. The van der Waals surface area contributed by atoms with Crippen LogP contribution in [0.1, 0.15) is 75.5 Å². The lowest BCUT2D eigenvalue weighted by Gasteiger charge is -2.27. The Hall–Kier alpha value is -3.10. The van der Waals surface area contributed by atoms with Crippen molar-refractivity contribution in [1.29, 1.82) is 0 Å². The fourth-order valence-corrected chi connectivity index (χ4v) is 3.03. The molecule has 170 valence electrons. The van der Waals surface area contributed by atoms with Crippen molar-refractivity contribution in [3.63, 3.8) is 0 Å². The Kier molecular flexibility index (Phi) is 7.65. The van der Waals surface area contributed by atoms with Crippen LogP contribution >= 0.6 is 0 Å². The van der Waals surface area contributed by atoms with Gasteiger partial charge in [-0.05, 0) is 66.7 Å². The number of fused-ring (bicyclic) bond motifs is 1. The van der Waals surface area contributed by atoms with Crippen LogP contribution in [0.4, 0.5) is 4.79 Å². The number of esters is 2. The third-order valence-corrected chi connectivity index (χ3v) is 4.53. The molecule has 0 saturated heterocycles. The molecule has 0 aromatic carbocycles. The third kappa shape index (κ3) is 5.96. The van der Waals surface area contributed by atoms with Gasteiger partial charge in [-0.3, -0.25) is 0 Å². The van der Waals surface area contributed by atoms with E-state index >= 15 is 0 Å². The minimum absolute atomic E-state index is 0.129. The molecular weight excluding hydrogens is 402 g/mol. The SMILES string of the molecule is CCOC(=O)c1ccc2cc(C(=O)OCC)n(C(C)C(C)NC(=O)OC(C)(C)C)c2n1. The smallest absolute Gasteiger partial charge is 0.407 e. The molecule has 0 aliphatic rings. The predicted octanol–water partition coefficient (Wildman–Crippen LogP) is 3.86. The van der Waals surface area contributed by atoms with Crippen LogP contribution in [0, 0.1) is 0 Å². The van der Waals surface area contributed by atoms with Crippen LogP contribution in [0.2, 0.25) is 0 Å². The van der Waals surface area contributed by atoms with E-state index < -0.39 is 35.7 Å². The predicted molar refractivity (Wildman–Crippen MR) is 115 cm³/mol. The Morgan fingerprint density at radius 3 is 2.26 bits per heavy atom. The van der Waals surface area contributed by atoms with Crippen molar-refractivity contribution in [3.8, 4) is 0 Å². The molecule has 0 bridgehead atoms. The summed E-state index contributed by atoms with van der Waals surface area (Å²) in [4.78, 5) is 41.5. The number of aromatic nitrogens is 2. The zero-order valence-electron chi connectivity index (χ0n) is 19.1. The molecule has 0 fully saturated rings. The summed E-state index contributed by atoms with van der Waals surface area (Å²) in [6, 6.07) is 4.08. The van der Waals surface area contributed by atoms with Gasteiger partial charge in [-0.2, -0.15) is 0 Å². The maximum atomic E-state index is 12.6. The number of hydrogen-bond acceptors (Lipinski definition) is 7. The summed E-state index contributed by atoms with van der Waals surface area (Å²) >= 11 is 0. The number of nitrogens with zero attached hydrogens (tertiary/aromatic N) is 2. The summed E-state index contributed by atoms with van der Waals surface area (Å²) < 4.78 is 17.2. The summed E-state index contributed by atoms with van der Waals surface area (Å²) in [5.74, 6) is -1.07. The number of pyridine rings is 1. The van der Waals surface area contributed by atoms with E-state index in [1.165, 1.54) is 0 Å². The van der Waals surface area contributed by atoms with Crippen molar-refractivity contribution < 1.29 is 28.6 Å². The van der Waals surface area contributed by atoms with Gasteiger partial charge < -0.3 is 24.1 Å². The molecule has 0 aliphatic carbocycles. The number of rotatable bonds is 7. The molecule has 0 radical (unpaired) electrons. The van der Waals surface area contributed by atoms with Gasteiger partial charge in [0.1, 0.15) is 16.9 Å². The zero-order valence-corrected chi connectivity index (χ0v) is 19.1. The molecule has 1 amide bonds. The van der Waals surface area contributed by atoms with Gasteiger partial charge in [-0.25, -0.2) is 19.4 Å². The second kappa shape index (κ2) is 9.80. The molecule has 0 saturated carbocycles. The molecule has 9 heteroatoms. The summed E-state index contributed by atoms with van der Waals surface area (Å²) in [5.41, 5.74) is 0.179. The topological polar surface area (TPSA) is 109 Å². The van der Waals surface area contributed by atoms with E-state index in [1.807, 2.05) is 6.92 Å². The van der Waals surface area contributed by atoms with Crippen molar-refractivity contribution in [2.24, 2.45) is 0 Å². The number of hydrogen-bond donors (Lipinski definition) is 1. The van der Waals surface area contributed by atoms with E-state index in [-0.39, 0.29) is 24.6 Å². The van der Waals surface area contributed by atoms with Gasteiger partial charge in [0.2, 0.25) is 0 Å². The first-order valence-corrected chi connectivity index (χ1v) is 10.3. The molecule has 0 aliphatic heterocycles. The summed E-state index contributed by atoms with van der Waals surface area (Å²) in [6.07, 6.45) is -0.568. The molecule has 2 aromatic heterocycles. The monoisotopic (exact) mass is 433 g/mol. The van der Waals surface area contributed by atoms with Gasteiger partial charge >= 0.3 is 18.0 Å². The molecular formula is C22H31N3O6. The van der Waals surface area contributed by atoms with Crippen LogP contribution in [0.3, 0.4) is 0 Å². The van der Waals surface area contributed by atoms with E-state index in [2.05, 4.69) is 10.3 Å². The van der Waals surface area contributed by atoms with Crippen LogP contribution in [-0.4, -0.2) is 52.4 Å². The molecule has 9 nitrogen and oxygen atoms in total. The average molecular weight is 434 g/mol. The highest BCUT2D eigenvalue weighted by atomic mass is 16.6. The van der Waals surface area contributed by atoms with E-state index in [0.29, 0.717) is 11.0 Å². The molecule has 1 N–H and O–H groups in total. The standard InChI is InChI=1S/C22H31N3O6/c1-8-29-19(26)16-11-10-15-12-17(20(27)30-9-2)25(18(15)24-16)14(4)13(3)23-21(28)31-22(5,6)7/h10-14H,8-9H2,1-7H3,(H,23,28). The summed E-state index contributed by atoms with van der Waals surface area (Å²) in [6.45, 7) is 12.8. The van der Waals surface area contributed by atoms with Gasteiger partial charge in [0.15, 0.2) is 5.69 Å². The molecule has 2 unspecified atom stereocenters. The maximum Gasteiger partial charge on any atom is 0.407 e. The Labute approximate surface area is 182 Å². The quantitative estimate of drug-likeness (QED) is 0.521. The minimum Gasteiger partial charge on any atom is -0.461 e. The van der Waals surface area contributed by atoms with Crippen LogP contribution in [0.25, 0.3) is 11.0 Å². The number of nitrogens with one attached hydrogen (secondary N) is 1. The van der Waals surface area contributed by atoms with Crippen molar-refractivity contribution in [3.05, 3.63) is 29.6 Å². The first kappa shape index (κ1) is 24.2. The fourth-order valence-electron chi connectivity index (χ4n) is 3.03. The lowest BCUT2D eigenvalue weighted by molar-refractivity contribution is 0.0489. The highest BCUT2D eigenvalue weighted by Gasteiger charge is 2.27. The second-order valence-electron chi connectivity index (χ2n) is 8.13. The lowest BCUT2D eigenvalue weighted by atomic mass is 10.1. The summed E-state index contributed by atoms with van der Waals surface area (Å²) in [5, 5.41) is 3.45. The Morgan fingerprint density at radius 1 is 1.06 bits per heavy atom. The van der Waals surface area contributed by atoms with Crippen LogP contribution in [0.15, 0.2) is 18.2 Å². The number of alkyl carbamates (subject to hydrolysis) is 1. The zero-order chi connectivity index (χ0) is 23.3. The van der Waals surface area contributed by atoms with Gasteiger partial charge in [-0.15, -0.1) is 0 Å². The van der Waals surface area contributed by atoms with E-state index in [1.54, 1.807) is 64.3 Å². The van der Waals surface area contributed by atoms with Crippen molar-refractivity contribution in [1.82, 2.24) is 14.9 Å². The number of carbonyl (C=O) groups excluding carboxylic acids is 3. The highest BCUT2D eigenvalue weighted by molar-refractivity contribution is 5.96. The number of amides is 1. The molecule has 0 spiro atoms. The number of carbonyl (C=O) groups is 3. The van der Waals surface area contributed by atoms with Gasteiger partial charge in [0.05, 0.1) is 19.3 Å². The molecule has 2 atom stereocenters. The molecule has 2 heterocycles. The first-order chi connectivity index (χ1) is 14.5. The Balaban J connectivity index is 2.48. The second-order valence-corrected chi connectivity index (χ2v) is 8.13. The maximum absolute atomic E-state index is 12.6. The van der Waals surface area contributed by atoms with Crippen molar-refractivity contribution >= 4 is 29.1 Å². The minimum atomic E-state index is -0.640. The highest BCUT2D eigenvalue weighted by Crippen LogP contribution is 2.26. The van der Waals surface area contributed by atoms with Crippen LogP contribution < -0.4 is 5.32 Å². The Morgan fingerprint density at radius 2 is 1.68 bits per heavy atom. The van der Waals surface area contributed by atoms with E-state index in [9.17, 15) is 14.4 Å². The average Bonchev–Trinajstić information content (AvgIpc) is 3.04. The van der Waals surface area contributed by atoms with Crippen LogP contribution in [-0.2, 0) is 14.2 Å². The molecule has 2 rings (SSSR count). The largest absolute Gasteiger partial charge is 0.461 e. The van der Waals surface area contributed by atoms with E-state index in [0.717, 1.165) is 0 Å². The van der Waals surface area contributed by atoms with E-state index in [4.69, 9.17) is 14.2 Å². The van der Waals surface area contributed by atoms with Crippen LogP contribution in [0.5, 0.6) is 0 Å². The molecule has 2 aromatic rings. The normalized spacial score (nSPS) is 13.4. The number of ether oxygens (including phenoxy) is 3. The van der Waals surface area contributed by atoms with Crippen molar-refractivity contribution in [2.45, 2.75) is 66.2 Å². The summed E-state index contributed by atoms with van der Waals surface area (Å²) in [7, 11) is 0. The fraction of sp³-hybridized carbons (Fsp3) is 0.545. The lowest BCUT2D eigenvalue weighted by Crippen LogP contribution is -2.41. The van der Waals surface area contributed by atoms with Crippen molar-refractivity contribution in [2.75, 3.05) is 13.2 Å². The first-order valence-electron chi connectivity index (χ1n) is 10.3. The Bertz CT molecular complexity index is 960.